The quantitative estimate of drug-likeness (QED) is 0.712. The average molecular weight is 385 g/mol. The van der Waals surface area contributed by atoms with E-state index in [2.05, 4.69) is 10.6 Å². The number of nitrogens with zero attached hydrogens (tertiary/aromatic N) is 1. The Balaban J connectivity index is 1.52. The Labute approximate surface area is 166 Å². The molecule has 0 aromatic heterocycles. The highest BCUT2D eigenvalue weighted by Gasteiger charge is 2.17. The molecule has 3 aromatic rings. The smallest absolute Gasteiger partial charge is 0.257 e. The number of nitrogens with one attached hydrogen (secondary N) is 2. The molecule has 0 saturated heterocycles. The summed E-state index contributed by atoms with van der Waals surface area (Å²) < 4.78 is 10.6. The molecular formula is C22H15N3O4. The number of rotatable bonds is 4. The maximum Gasteiger partial charge on any atom is 0.257 e. The Morgan fingerprint density at radius 3 is 2.41 bits per heavy atom. The summed E-state index contributed by atoms with van der Waals surface area (Å²) in [6, 6.07) is 20.1. The number of hydrogen-bond acceptors (Lipinski definition) is 5. The van der Waals surface area contributed by atoms with E-state index in [1.807, 2.05) is 6.07 Å². The highest BCUT2D eigenvalue weighted by atomic mass is 16.7. The molecular weight excluding hydrogens is 370 g/mol. The van der Waals surface area contributed by atoms with E-state index >= 15 is 0 Å². The van der Waals surface area contributed by atoms with Crippen molar-refractivity contribution in [3.63, 3.8) is 0 Å². The number of carbonyl (C=O) groups is 2. The minimum atomic E-state index is -0.377. The number of amides is 2. The summed E-state index contributed by atoms with van der Waals surface area (Å²) >= 11 is 0. The predicted molar refractivity (Wildman–Crippen MR) is 106 cm³/mol. The normalized spacial score (nSPS) is 11.4. The Morgan fingerprint density at radius 1 is 0.862 bits per heavy atom. The molecule has 0 atom stereocenters. The number of carbonyl (C=O) groups excluding carboxylic acids is 2. The molecule has 1 aliphatic heterocycles. The number of fused-ring (bicyclic) bond motifs is 1. The van der Waals surface area contributed by atoms with Crippen LogP contribution in [-0.2, 0) is 0 Å². The third-order valence-corrected chi connectivity index (χ3v) is 4.33. The SMILES string of the molecule is N#Cc1ccc(C(=O)Nc2ccccc2C(=O)Nc2ccc3c(c2)OCO3)cc1. The minimum absolute atomic E-state index is 0.150. The van der Waals surface area contributed by atoms with Crippen LogP contribution in [0.5, 0.6) is 11.5 Å². The Kier molecular flexibility index (Phi) is 4.82. The predicted octanol–water partition coefficient (Wildman–Crippen LogP) is 3.79. The molecule has 1 aliphatic rings. The van der Waals surface area contributed by atoms with Gasteiger partial charge in [-0.15, -0.1) is 0 Å². The van der Waals surface area contributed by atoms with Crippen molar-refractivity contribution in [1.82, 2.24) is 0 Å². The van der Waals surface area contributed by atoms with Crippen LogP contribution in [0.15, 0.2) is 66.7 Å². The van der Waals surface area contributed by atoms with Gasteiger partial charge in [-0.05, 0) is 48.5 Å². The molecule has 0 fully saturated rings. The highest BCUT2D eigenvalue weighted by Crippen LogP contribution is 2.34. The van der Waals surface area contributed by atoms with Crippen LogP contribution in [-0.4, -0.2) is 18.6 Å². The molecule has 0 saturated carbocycles. The van der Waals surface area contributed by atoms with Gasteiger partial charge in [-0.3, -0.25) is 9.59 Å². The second-order valence-corrected chi connectivity index (χ2v) is 6.21. The fourth-order valence-corrected chi connectivity index (χ4v) is 2.85. The van der Waals surface area contributed by atoms with Crippen LogP contribution >= 0.6 is 0 Å². The molecule has 0 spiro atoms. The van der Waals surface area contributed by atoms with E-state index in [1.165, 1.54) is 0 Å². The number of benzene rings is 3. The summed E-state index contributed by atoms with van der Waals surface area (Å²) in [6.07, 6.45) is 0. The maximum atomic E-state index is 12.8. The fourth-order valence-electron chi connectivity index (χ4n) is 2.85. The zero-order valence-electron chi connectivity index (χ0n) is 15.1. The molecule has 7 nitrogen and oxygen atoms in total. The lowest BCUT2D eigenvalue weighted by molar-refractivity contribution is 0.102. The van der Waals surface area contributed by atoms with Gasteiger partial charge in [-0.2, -0.15) is 5.26 Å². The first-order valence-corrected chi connectivity index (χ1v) is 8.75. The number of ether oxygens (including phenoxy) is 2. The first kappa shape index (κ1) is 18.1. The van der Waals surface area contributed by atoms with E-state index in [1.54, 1.807) is 66.7 Å². The van der Waals surface area contributed by atoms with Gasteiger partial charge in [0.2, 0.25) is 6.79 Å². The van der Waals surface area contributed by atoms with Gasteiger partial charge >= 0.3 is 0 Å². The van der Waals surface area contributed by atoms with Crippen molar-refractivity contribution in [2.75, 3.05) is 17.4 Å². The number of para-hydroxylation sites is 1. The average Bonchev–Trinajstić information content (AvgIpc) is 3.22. The number of nitriles is 1. The van der Waals surface area contributed by atoms with E-state index in [-0.39, 0.29) is 18.6 Å². The standard InChI is InChI=1S/C22H15N3O4/c23-12-14-5-7-15(8-6-14)21(26)25-18-4-2-1-3-17(18)22(27)24-16-9-10-19-20(11-16)29-13-28-19/h1-11H,13H2,(H,24,27)(H,25,26). The van der Waals surface area contributed by atoms with E-state index in [0.29, 0.717) is 39.6 Å². The van der Waals surface area contributed by atoms with Gasteiger partial charge in [0.15, 0.2) is 11.5 Å². The molecule has 7 heteroatoms. The highest BCUT2D eigenvalue weighted by molar-refractivity contribution is 6.12. The summed E-state index contributed by atoms with van der Waals surface area (Å²) in [5.74, 6) is 0.431. The summed E-state index contributed by atoms with van der Waals surface area (Å²) in [6.45, 7) is 0.150. The molecule has 1 heterocycles. The van der Waals surface area contributed by atoms with Gasteiger partial charge < -0.3 is 20.1 Å². The Morgan fingerprint density at radius 2 is 1.62 bits per heavy atom. The molecule has 3 aromatic carbocycles. The van der Waals surface area contributed by atoms with E-state index in [4.69, 9.17) is 14.7 Å². The van der Waals surface area contributed by atoms with E-state index in [0.717, 1.165) is 0 Å². The summed E-state index contributed by atoms with van der Waals surface area (Å²) in [7, 11) is 0. The van der Waals surface area contributed by atoms with Crippen LogP contribution in [0.2, 0.25) is 0 Å². The van der Waals surface area contributed by atoms with Gasteiger partial charge in [0, 0.05) is 17.3 Å². The van der Waals surface area contributed by atoms with Crippen molar-refractivity contribution in [1.29, 1.82) is 5.26 Å². The van der Waals surface area contributed by atoms with Crippen LogP contribution in [0.3, 0.4) is 0 Å². The monoisotopic (exact) mass is 385 g/mol. The molecule has 0 bridgehead atoms. The molecule has 4 rings (SSSR count). The second kappa shape index (κ2) is 7.74. The molecule has 2 amide bonds. The third kappa shape index (κ3) is 3.87. The van der Waals surface area contributed by atoms with Crippen molar-refractivity contribution >= 4 is 23.2 Å². The molecule has 29 heavy (non-hydrogen) atoms. The molecule has 142 valence electrons. The topological polar surface area (TPSA) is 100 Å². The summed E-state index contributed by atoms with van der Waals surface area (Å²) in [5.41, 5.74) is 2.08. The number of anilines is 2. The van der Waals surface area contributed by atoms with Gasteiger partial charge in [0.1, 0.15) is 0 Å². The van der Waals surface area contributed by atoms with Gasteiger partial charge in [-0.25, -0.2) is 0 Å². The van der Waals surface area contributed by atoms with Crippen LogP contribution in [0.4, 0.5) is 11.4 Å². The zero-order valence-corrected chi connectivity index (χ0v) is 15.1. The molecule has 0 radical (unpaired) electrons. The van der Waals surface area contributed by atoms with Crippen molar-refractivity contribution in [2.45, 2.75) is 0 Å². The van der Waals surface area contributed by atoms with E-state index in [9.17, 15) is 9.59 Å². The third-order valence-electron chi connectivity index (χ3n) is 4.33. The van der Waals surface area contributed by atoms with Crippen LogP contribution in [0.25, 0.3) is 0 Å². The van der Waals surface area contributed by atoms with Gasteiger partial charge in [0.25, 0.3) is 11.8 Å². The number of hydrogen-bond donors (Lipinski definition) is 2. The van der Waals surface area contributed by atoms with Crippen molar-refractivity contribution in [3.8, 4) is 17.6 Å². The fraction of sp³-hybridized carbons (Fsp3) is 0.0455. The first-order chi connectivity index (χ1) is 14.1. The maximum absolute atomic E-state index is 12.8. The zero-order chi connectivity index (χ0) is 20.2. The van der Waals surface area contributed by atoms with Crippen LogP contribution in [0.1, 0.15) is 26.3 Å². The van der Waals surface area contributed by atoms with Crippen molar-refractivity contribution in [3.05, 3.63) is 83.4 Å². The van der Waals surface area contributed by atoms with E-state index < -0.39 is 0 Å². The Hall–Kier alpha value is -4.31. The largest absolute Gasteiger partial charge is 0.454 e. The van der Waals surface area contributed by atoms with Crippen molar-refractivity contribution < 1.29 is 19.1 Å². The minimum Gasteiger partial charge on any atom is -0.454 e. The first-order valence-electron chi connectivity index (χ1n) is 8.75. The van der Waals surface area contributed by atoms with Crippen LogP contribution in [0, 0.1) is 11.3 Å². The lowest BCUT2D eigenvalue weighted by atomic mass is 10.1. The van der Waals surface area contributed by atoms with Crippen LogP contribution < -0.4 is 20.1 Å². The summed E-state index contributed by atoms with van der Waals surface area (Å²) in [4.78, 5) is 25.3. The summed E-state index contributed by atoms with van der Waals surface area (Å²) in [5, 5.41) is 14.4. The second-order valence-electron chi connectivity index (χ2n) is 6.21. The lowest BCUT2D eigenvalue weighted by Crippen LogP contribution is -2.18. The van der Waals surface area contributed by atoms with Gasteiger partial charge in [0.05, 0.1) is 22.9 Å². The van der Waals surface area contributed by atoms with Gasteiger partial charge in [-0.1, -0.05) is 12.1 Å². The van der Waals surface area contributed by atoms with Crippen molar-refractivity contribution in [2.24, 2.45) is 0 Å². The molecule has 0 unspecified atom stereocenters. The lowest BCUT2D eigenvalue weighted by Gasteiger charge is -2.12. The Bertz CT molecular complexity index is 1130. The molecule has 2 N–H and O–H groups in total. The molecule has 0 aliphatic carbocycles.